The lowest BCUT2D eigenvalue weighted by Crippen LogP contribution is -2.25. The van der Waals surface area contributed by atoms with Crippen LogP contribution in [0.2, 0.25) is 0 Å². The standard InChI is InChI=1S/C64H126O7/c1-7-13-19-25-29-33-37-47-55-65-61(66-56-48-38-34-30-26-20-14-8-2)51-41-43-53-63(69-59-45-23-17-11-5)71-64(70-60-46-24-18-12-6)54-44-42-52-62(67-57-49-39-35-31-27-21-15-9-3)68-58-50-40-36-32-28-22-16-10-4/h43-44,53-54,61-64H,7-42,45-52,55-60H2,1-6H3. The van der Waals surface area contributed by atoms with E-state index >= 15 is 0 Å². The molecule has 0 radical (unpaired) electrons. The fraction of sp³-hybridized carbons (Fsp3) is 0.938. The molecule has 0 amide bonds. The van der Waals surface area contributed by atoms with Crippen molar-refractivity contribution in [1.82, 2.24) is 0 Å². The molecule has 0 rings (SSSR count). The highest BCUT2D eigenvalue weighted by Crippen LogP contribution is 2.18. The normalized spacial score (nSPS) is 13.1. The van der Waals surface area contributed by atoms with Crippen LogP contribution in [-0.2, 0) is 33.2 Å². The van der Waals surface area contributed by atoms with Crippen LogP contribution < -0.4 is 0 Å². The van der Waals surface area contributed by atoms with E-state index in [9.17, 15) is 0 Å². The van der Waals surface area contributed by atoms with E-state index in [-0.39, 0.29) is 12.6 Å². The molecule has 2 unspecified atom stereocenters. The van der Waals surface area contributed by atoms with Gasteiger partial charge in [-0.15, -0.1) is 0 Å². The lowest BCUT2D eigenvalue weighted by Gasteiger charge is -2.22. The second-order valence-electron chi connectivity index (χ2n) is 21.0. The predicted octanol–water partition coefficient (Wildman–Crippen LogP) is 20.8. The minimum absolute atomic E-state index is 0.178. The Hall–Kier alpha value is -0.800. The maximum Gasteiger partial charge on any atom is 0.180 e. The quantitative estimate of drug-likeness (QED) is 0.0342. The molecule has 0 aromatic carbocycles. The van der Waals surface area contributed by atoms with Gasteiger partial charge >= 0.3 is 0 Å². The van der Waals surface area contributed by atoms with Gasteiger partial charge in [0.25, 0.3) is 0 Å². The highest BCUT2D eigenvalue weighted by molar-refractivity contribution is 4.90. The summed E-state index contributed by atoms with van der Waals surface area (Å²) in [7, 11) is 0. The minimum atomic E-state index is -0.491. The van der Waals surface area contributed by atoms with Crippen molar-refractivity contribution in [1.29, 1.82) is 0 Å². The van der Waals surface area contributed by atoms with Crippen LogP contribution >= 0.6 is 0 Å². The van der Waals surface area contributed by atoms with Crippen LogP contribution in [0.1, 0.15) is 324 Å². The van der Waals surface area contributed by atoms with E-state index in [2.05, 4.69) is 65.8 Å². The van der Waals surface area contributed by atoms with Crippen molar-refractivity contribution in [2.75, 3.05) is 39.6 Å². The van der Waals surface area contributed by atoms with E-state index in [0.29, 0.717) is 13.2 Å². The molecule has 7 heteroatoms. The van der Waals surface area contributed by atoms with E-state index in [1.54, 1.807) is 0 Å². The van der Waals surface area contributed by atoms with E-state index < -0.39 is 12.6 Å². The molecular weight excluding hydrogens is 881 g/mol. The summed E-state index contributed by atoms with van der Waals surface area (Å²) in [6, 6.07) is 0. The Morgan fingerprint density at radius 3 is 0.676 bits per heavy atom. The molecular formula is C64H126O7. The molecule has 0 aliphatic heterocycles. The van der Waals surface area contributed by atoms with Gasteiger partial charge in [-0.25, -0.2) is 0 Å². The molecule has 0 fully saturated rings. The summed E-state index contributed by atoms with van der Waals surface area (Å²) in [5, 5.41) is 0. The molecule has 0 spiro atoms. The summed E-state index contributed by atoms with van der Waals surface area (Å²) >= 11 is 0. The van der Waals surface area contributed by atoms with Crippen molar-refractivity contribution in [2.24, 2.45) is 0 Å². The van der Waals surface area contributed by atoms with Gasteiger partial charge in [0.15, 0.2) is 25.2 Å². The molecule has 0 aromatic rings. The van der Waals surface area contributed by atoms with Crippen molar-refractivity contribution in [2.45, 2.75) is 349 Å². The minimum Gasteiger partial charge on any atom is -0.353 e. The van der Waals surface area contributed by atoms with Gasteiger partial charge < -0.3 is 33.2 Å². The first-order valence-corrected chi connectivity index (χ1v) is 31.8. The Bertz CT molecular complexity index is 899. The Morgan fingerprint density at radius 2 is 0.437 bits per heavy atom. The number of ether oxygens (including phenoxy) is 7. The molecule has 0 saturated carbocycles. The first-order chi connectivity index (χ1) is 35.1. The van der Waals surface area contributed by atoms with Crippen LogP contribution in [0.25, 0.3) is 0 Å². The number of hydrogen-bond acceptors (Lipinski definition) is 7. The summed E-state index contributed by atoms with van der Waals surface area (Å²) in [5.41, 5.74) is 0. The number of hydrogen-bond donors (Lipinski definition) is 0. The van der Waals surface area contributed by atoms with Crippen LogP contribution in [0, 0.1) is 0 Å². The zero-order chi connectivity index (χ0) is 51.4. The lowest BCUT2D eigenvalue weighted by atomic mass is 10.1. The van der Waals surface area contributed by atoms with E-state index in [0.717, 1.165) is 90.6 Å². The number of allylic oxidation sites excluding steroid dienone is 2. The molecule has 71 heavy (non-hydrogen) atoms. The Balaban J connectivity index is 5.65. The van der Waals surface area contributed by atoms with Crippen molar-refractivity contribution in [3.63, 3.8) is 0 Å². The summed E-state index contributed by atoms with van der Waals surface area (Å²) in [5.74, 6) is 0. The van der Waals surface area contributed by atoms with Gasteiger partial charge in [-0.2, -0.15) is 0 Å². The maximum absolute atomic E-state index is 6.67. The molecule has 0 aromatic heterocycles. The zero-order valence-corrected chi connectivity index (χ0v) is 48.8. The molecule has 0 N–H and O–H groups in total. The van der Waals surface area contributed by atoms with Crippen LogP contribution in [0.5, 0.6) is 0 Å². The van der Waals surface area contributed by atoms with Gasteiger partial charge in [0, 0.05) is 39.3 Å². The monoisotopic (exact) mass is 1010 g/mol. The molecule has 0 heterocycles. The van der Waals surface area contributed by atoms with E-state index in [1.807, 2.05) is 0 Å². The highest BCUT2D eigenvalue weighted by atomic mass is 16.8. The van der Waals surface area contributed by atoms with E-state index in [1.165, 1.54) is 218 Å². The lowest BCUT2D eigenvalue weighted by molar-refractivity contribution is -0.208. The average Bonchev–Trinajstić information content (AvgIpc) is 3.38. The van der Waals surface area contributed by atoms with Gasteiger partial charge in [-0.3, -0.25) is 0 Å². The van der Waals surface area contributed by atoms with Gasteiger partial charge in [0.1, 0.15) is 0 Å². The highest BCUT2D eigenvalue weighted by Gasteiger charge is 2.16. The molecule has 0 saturated heterocycles. The summed E-state index contributed by atoms with van der Waals surface area (Å²) in [6.45, 7) is 18.1. The van der Waals surface area contributed by atoms with Crippen molar-refractivity contribution < 1.29 is 33.2 Å². The number of rotatable bonds is 62. The molecule has 2 atom stereocenters. The van der Waals surface area contributed by atoms with Crippen molar-refractivity contribution in [3.8, 4) is 0 Å². The number of unbranched alkanes of at least 4 members (excludes halogenated alkanes) is 34. The van der Waals surface area contributed by atoms with Crippen molar-refractivity contribution in [3.05, 3.63) is 24.3 Å². The third kappa shape index (κ3) is 55.3. The van der Waals surface area contributed by atoms with Crippen LogP contribution in [0.15, 0.2) is 24.3 Å². The first kappa shape index (κ1) is 70.2. The van der Waals surface area contributed by atoms with Gasteiger partial charge in [-0.05, 0) is 63.5 Å². The van der Waals surface area contributed by atoms with Gasteiger partial charge in [0.05, 0.1) is 13.2 Å². The zero-order valence-electron chi connectivity index (χ0n) is 48.8. The summed E-state index contributed by atoms with van der Waals surface area (Å²) in [6.07, 6.45) is 61.5. The topological polar surface area (TPSA) is 64.6 Å². The van der Waals surface area contributed by atoms with Crippen LogP contribution in [0.3, 0.4) is 0 Å². The fourth-order valence-corrected chi connectivity index (χ4v) is 8.98. The van der Waals surface area contributed by atoms with Crippen LogP contribution in [0.4, 0.5) is 0 Å². The molecule has 0 aliphatic rings. The summed E-state index contributed by atoms with van der Waals surface area (Å²) < 4.78 is 45.2. The third-order valence-electron chi connectivity index (χ3n) is 13.8. The Morgan fingerprint density at radius 1 is 0.239 bits per heavy atom. The molecule has 0 aliphatic carbocycles. The van der Waals surface area contributed by atoms with E-state index in [4.69, 9.17) is 33.2 Å². The Labute approximate surface area is 444 Å². The van der Waals surface area contributed by atoms with Crippen LogP contribution in [-0.4, -0.2) is 64.8 Å². The summed E-state index contributed by atoms with van der Waals surface area (Å²) in [4.78, 5) is 0. The SMILES string of the molecule is CCCCCCCCCCOC(CCC=CC(OCCCCCC)OC(C=CCCC(OCCCCCCCCCC)OCCCCCCCCCC)OCCCCCC)OCCCCCCCCCC. The second kappa shape index (κ2) is 61.7. The van der Waals surface area contributed by atoms with Gasteiger partial charge in [-0.1, -0.05) is 272 Å². The smallest absolute Gasteiger partial charge is 0.180 e. The van der Waals surface area contributed by atoms with Crippen molar-refractivity contribution >= 4 is 0 Å². The average molecular weight is 1010 g/mol. The molecule has 0 bridgehead atoms. The maximum atomic E-state index is 6.67. The van der Waals surface area contributed by atoms with Gasteiger partial charge in [0.2, 0.25) is 0 Å². The third-order valence-corrected chi connectivity index (χ3v) is 13.8. The second-order valence-corrected chi connectivity index (χ2v) is 21.0. The Kier molecular flexibility index (Phi) is 61.0. The fourth-order valence-electron chi connectivity index (χ4n) is 8.98. The predicted molar refractivity (Wildman–Crippen MR) is 307 cm³/mol. The largest absolute Gasteiger partial charge is 0.353 e. The molecule has 424 valence electrons. The molecule has 7 nitrogen and oxygen atoms in total. The first-order valence-electron chi connectivity index (χ1n) is 31.8.